The predicted molar refractivity (Wildman–Crippen MR) is 83.1 cm³/mol. The van der Waals surface area contributed by atoms with Crippen LogP contribution >= 0.6 is 11.6 Å². The summed E-state index contributed by atoms with van der Waals surface area (Å²) in [6.45, 7) is 0. The van der Waals surface area contributed by atoms with Gasteiger partial charge in [-0.15, -0.1) is 0 Å². The van der Waals surface area contributed by atoms with Crippen LogP contribution in [0, 0.1) is 0 Å². The minimum atomic E-state index is -0.464. The molecule has 0 aliphatic heterocycles. The van der Waals surface area contributed by atoms with E-state index in [1.54, 1.807) is 0 Å². The Balaban J connectivity index is 1.74. The Hall–Kier alpha value is -1.31. The van der Waals surface area contributed by atoms with E-state index in [1.807, 2.05) is 30.3 Å². The van der Waals surface area contributed by atoms with Crippen LogP contribution in [-0.4, -0.2) is 5.11 Å². The Morgan fingerprint density at radius 1 is 1.10 bits per heavy atom. The molecular formula is C18H19ClO. The van der Waals surface area contributed by atoms with Crippen LogP contribution in [0.3, 0.4) is 0 Å². The number of aliphatic hydroxyl groups excluding tert-OH is 1. The summed E-state index contributed by atoms with van der Waals surface area (Å²) in [6, 6.07) is 16.1. The van der Waals surface area contributed by atoms with Crippen molar-refractivity contribution in [2.24, 2.45) is 0 Å². The van der Waals surface area contributed by atoms with Crippen LogP contribution in [0.2, 0.25) is 5.02 Å². The lowest BCUT2D eigenvalue weighted by Crippen LogP contribution is -2.10. The van der Waals surface area contributed by atoms with Crippen molar-refractivity contribution in [2.75, 3.05) is 0 Å². The molecular weight excluding hydrogens is 268 g/mol. The molecule has 1 unspecified atom stereocenters. The van der Waals surface area contributed by atoms with Crippen molar-refractivity contribution >= 4 is 11.6 Å². The molecule has 0 heterocycles. The zero-order valence-electron chi connectivity index (χ0n) is 11.4. The van der Waals surface area contributed by atoms with Gasteiger partial charge in [0.25, 0.3) is 0 Å². The summed E-state index contributed by atoms with van der Waals surface area (Å²) in [7, 11) is 0. The highest BCUT2D eigenvalue weighted by atomic mass is 35.5. The molecule has 2 aromatic rings. The highest BCUT2D eigenvalue weighted by molar-refractivity contribution is 6.30. The smallest absolute Gasteiger partial charge is 0.0830 e. The van der Waals surface area contributed by atoms with Crippen LogP contribution in [0.1, 0.15) is 48.0 Å². The van der Waals surface area contributed by atoms with Gasteiger partial charge in [-0.05, 0) is 47.6 Å². The zero-order chi connectivity index (χ0) is 13.9. The average molecular weight is 287 g/mol. The molecule has 1 fully saturated rings. The first kappa shape index (κ1) is 13.7. The Labute approximate surface area is 125 Å². The molecule has 2 heteroatoms. The van der Waals surface area contributed by atoms with Gasteiger partial charge in [0.2, 0.25) is 0 Å². The van der Waals surface area contributed by atoms with Crippen molar-refractivity contribution in [2.45, 2.75) is 37.7 Å². The fourth-order valence-electron chi connectivity index (χ4n) is 2.77. The summed E-state index contributed by atoms with van der Waals surface area (Å²) in [5, 5.41) is 11.1. The summed E-state index contributed by atoms with van der Waals surface area (Å²) in [5.74, 6) is 0.702. The Bertz CT molecular complexity index is 589. The largest absolute Gasteiger partial charge is 0.388 e. The summed E-state index contributed by atoms with van der Waals surface area (Å²) >= 11 is 5.99. The van der Waals surface area contributed by atoms with Gasteiger partial charge in [0, 0.05) is 11.4 Å². The predicted octanol–water partition coefficient (Wildman–Crippen LogP) is 4.88. The maximum atomic E-state index is 10.4. The molecule has 1 saturated carbocycles. The highest BCUT2D eigenvalue weighted by Crippen LogP contribution is 2.37. The molecule has 1 aliphatic carbocycles. The van der Waals surface area contributed by atoms with Crippen molar-refractivity contribution in [3.8, 4) is 0 Å². The summed E-state index contributed by atoms with van der Waals surface area (Å²) in [5.41, 5.74) is 3.45. The lowest BCUT2D eigenvalue weighted by molar-refractivity contribution is 0.178. The minimum absolute atomic E-state index is 0.464. The van der Waals surface area contributed by atoms with Gasteiger partial charge in [0.15, 0.2) is 0 Å². The van der Waals surface area contributed by atoms with E-state index >= 15 is 0 Å². The molecule has 104 valence electrons. The SMILES string of the molecule is OC(Cc1cccc(Cl)c1)c1cccc(C2CCC2)c1. The summed E-state index contributed by atoms with van der Waals surface area (Å²) in [4.78, 5) is 0. The van der Waals surface area contributed by atoms with E-state index in [-0.39, 0.29) is 0 Å². The van der Waals surface area contributed by atoms with Gasteiger partial charge in [-0.25, -0.2) is 0 Å². The fourth-order valence-corrected chi connectivity index (χ4v) is 2.98. The molecule has 20 heavy (non-hydrogen) atoms. The van der Waals surface area contributed by atoms with Crippen LogP contribution in [0.15, 0.2) is 48.5 Å². The first-order valence-corrected chi connectivity index (χ1v) is 7.62. The van der Waals surface area contributed by atoms with E-state index in [0.29, 0.717) is 12.3 Å². The van der Waals surface area contributed by atoms with E-state index in [0.717, 1.165) is 16.1 Å². The molecule has 3 rings (SSSR count). The van der Waals surface area contributed by atoms with Crippen LogP contribution in [-0.2, 0) is 6.42 Å². The highest BCUT2D eigenvalue weighted by Gasteiger charge is 2.20. The zero-order valence-corrected chi connectivity index (χ0v) is 12.2. The van der Waals surface area contributed by atoms with Crippen molar-refractivity contribution in [3.05, 3.63) is 70.2 Å². The third-order valence-electron chi connectivity index (χ3n) is 4.19. The minimum Gasteiger partial charge on any atom is -0.388 e. The first-order valence-electron chi connectivity index (χ1n) is 7.25. The van der Waals surface area contributed by atoms with Gasteiger partial charge < -0.3 is 5.11 Å². The molecule has 0 bridgehead atoms. The molecule has 1 nitrogen and oxygen atoms in total. The molecule has 0 amide bonds. The number of aliphatic hydroxyl groups is 1. The van der Waals surface area contributed by atoms with Gasteiger partial charge in [0.1, 0.15) is 0 Å². The average Bonchev–Trinajstić information content (AvgIpc) is 2.37. The lowest BCUT2D eigenvalue weighted by Gasteiger charge is -2.26. The maximum absolute atomic E-state index is 10.4. The third kappa shape index (κ3) is 3.05. The molecule has 0 aromatic heterocycles. The molecule has 1 N–H and O–H groups in total. The second kappa shape index (κ2) is 5.99. The van der Waals surface area contributed by atoms with E-state index < -0.39 is 6.10 Å². The quantitative estimate of drug-likeness (QED) is 0.849. The van der Waals surface area contributed by atoms with E-state index in [2.05, 4.69) is 18.2 Å². The summed E-state index contributed by atoms with van der Waals surface area (Å²) < 4.78 is 0. The van der Waals surface area contributed by atoms with Gasteiger partial charge in [-0.1, -0.05) is 54.4 Å². The second-order valence-corrected chi connectivity index (χ2v) is 6.08. The first-order chi connectivity index (χ1) is 9.72. The fraction of sp³-hybridized carbons (Fsp3) is 0.333. The van der Waals surface area contributed by atoms with Crippen molar-refractivity contribution in [1.29, 1.82) is 0 Å². The molecule has 0 saturated heterocycles. The van der Waals surface area contributed by atoms with Gasteiger partial charge in [0.05, 0.1) is 6.10 Å². The monoisotopic (exact) mass is 286 g/mol. The van der Waals surface area contributed by atoms with Crippen LogP contribution < -0.4 is 0 Å². The number of hydrogen-bond donors (Lipinski definition) is 1. The number of hydrogen-bond acceptors (Lipinski definition) is 1. The van der Waals surface area contributed by atoms with E-state index in [4.69, 9.17) is 11.6 Å². The van der Waals surface area contributed by atoms with Gasteiger partial charge >= 0.3 is 0 Å². The van der Waals surface area contributed by atoms with E-state index in [1.165, 1.54) is 24.8 Å². The lowest BCUT2D eigenvalue weighted by atomic mass is 9.79. The van der Waals surface area contributed by atoms with Crippen LogP contribution in [0.5, 0.6) is 0 Å². The molecule has 0 spiro atoms. The maximum Gasteiger partial charge on any atom is 0.0830 e. The Morgan fingerprint density at radius 2 is 1.90 bits per heavy atom. The number of rotatable bonds is 4. The molecule has 0 radical (unpaired) electrons. The summed E-state index contributed by atoms with van der Waals surface area (Å²) in [6.07, 6.45) is 4.05. The Morgan fingerprint density at radius 3 is 2.60 bits per heavy atom. The Kier molecular flexibility index (Phi) is 4.09. The molecule has 1 atom stereocenters. The van der Waals surface area contributed by atoms with Crippen molar-refractivity contribution in [1.82, 2.24) is 0 Å². The van der Waals surface area contributed by atoms with Crippen molar-refractivity contribution in [3.63, 3.8) is 0 Å². The normalized spacial score (nSPS) is 16.7. The van der Waals surface area contributed by atoms with Gasteiger partial charge in [-0.2, -0.15) is 0 Å². The number of halogens is 1. The van der Waals surface area contributed by atoms with Crippen LogP contribution in [0.25, 0.3) is 0 Å². The third-order valence-corrected chi connectivity index (χ3v) is 4.43. The topological polar surface area (TPSA) is 20.2 Å². The van der Waals surface area contributed by atoms with Crippen molar-refractivity contribution < 1.29 is 5.11 Å². The van der Waals surface area contributed by atoms with Gasteiger partial charge in [-0.3, -0.25) is 0 Å². The standard InChI is InChI=1S/C18H19ClO/c19-17-9-1-4-13(10-17)11-18(20)16-8-3-7-15(12-16)14-5-2-6-14/h1,3-4,7-10,12,14,18,20H,2,5-6,11H2. The van der Waals surface area contributed by atoms with E-state index in [9.17, 15) is 5.11 Å². The number of benzene rings is 2. The second-order valence-electron chi connectivity index (χ2n) is 5.65. The van der Waals surface area contributed by atoms with Crippen LogP contribution in [0.4, 0.5) is 0 Å². The molecule has 2 aromatic carbocycles. The molecule has 1 aliphatic rings.